The van der Waals surface area contributed by atoms with Crippen molar-refractivity contribution in [3.63, 3.8) is 0 Å². The predicted molar refractivity (Wildman–Crippen MR) is 110 cm³/mol. The molecular weight excluding hydrogens is 398 g/mol. The standard InChI is InChI=1S/C20H24ClN3O3S/c1-16-7-9-17(10-8-16)13-22-20(25)15-24-12-4-11-23(28(24,26)27)14-18-5-2-3-6-19(18)21/h2-3,5-10H,4,11-15H2,1H3,(H,22,25). The number of carbonyl (C=O) groups excluding carboxylic acids is 1. The van der Waals surface area contributed by atoms with Crippen molar-refractivity contribution in [3.05, 3.63) is 70.2 Å². The molecular formula is C20H24ClN3O3S. The average Bonchev–Trinajstić information content (AvgIpc) is 2.66. The van der Waals surface area contributed by atoms with E-state index in [0.717, 1.165) is 16.7 Å². The van der Waals surface area contributed by atoms with Crippen LogP contribution in [0.2, 0.25) is 5.02 Å². The summed E-state index contributed by atoms with van der Waals surface area (Å²) < 4.78 is 28.4. The molecule has 2 aromatic carbocycles. The third-order valence-corrected chi connectivity index (χ3v) is 7.00. The van der Waals surface area contributed by atoms with Crippen molar-refractivity contribution in [1.82, 2.24) is 13.9 Å². The summed E-state index contributed by atoms with van der Waals surface area (Å²) in [7, 11) is -3.72. The lowest BCUT2D eigenvalue weighted by atomic mass is 10.1. The van der Waals surface area contributed by atoms with Crippen LogP contribution in [-0.4, -0.2) is 42.6 Å². The molecule has 0 spiro atoms. The maximum Gasteiger partial charge on any atom is 0.282 e. The van der Waals surface area contributed by atoms with Crippen LogP contribution in [0.25, 0.3) is 0 Å². The summed E-state index contributed by atoms with van der Waals surface area (Å²) in [6, 6.07) is 15.0. The zero-order valence-corrected chi connectivity index (χ0v) is 17.3. The van der Waals surface area contributed by atoms with Gasteiger partial charge in [0.05, 0.1) is 6.54 Å². The highest BCUT2D eigenvalue weighted by Crippen LogP contribution is 2.23. The third kappa shape index (κ3) is 5.11. The van der Waals surface area contributed by atoms with E-state index in [9.17, 15) is 13.2 Å². The lowest BCUT2D eigenvalue weighted by Gasteiger charge is -2.34. The first-order chi connectivity index (χ1) is 13.4. The second-order valence-corrected chi connectivity index (χ2v) is 9.22. The van der Waals surface area contributed by atoms with Crippen LogP contribution < -0.4 is 5.32 Å². The molecule has 1 fully saturated rings. The Hall–Kier alpha value is -1.93. The van der Waals surface area contributed by atoms with E-state index in [0.29, 0.717) is 31.1 Å². The van der Waals surface area contributed by atoms with Crippen molar-refractivity contribution >= 4 is 27.7 Å². The van der Waals surface area contributed by atoms with Gasteiger partial charge < -0.3 is 5.32 Å². The first-order valence-electron chi connectivity index (χ1n) is 9.17. The molecule has 0 atom stereocenters. The summed E-state index contributed by atoms with van der Waals surface area (Å²) >= 11 is 6.17. The van der Waals surface area contributed by atoms with Crippen LogP contribution in [-0.2, 0) is 28.1 Å². The number of hydrogen-bond donors (Lipinski definition) is 1. The Labute approximate surface area is 171 Å². The van der Waals surface area contributed by atoms with Crippen molar-refractivity contribution in [1.29, 1.82) is 0 Å². The van der Waals surface area contributed by atoms with E-state index >= 15 is 0 Å². The molecule has 2 aromatic rings. The second-order valence-electron chi connectivity index (χ2n) is 6.88. The van der Waals surface area contributed by atoms with Crippen LogP contribution in [0.15, 0.2) is 48.5 Å². The van der Waals surface area contributed by atoms with Gasteiger partial charge in [0.15, 0.2) is 0 Å². The smallest absolute Gasteiger partial charge is 0.282 e. The topological polar surface area (TPSA) is 69.7 Å². The Balaban J connectivity index is 1.60. The van der Waals surface area contributed by atoms with E-state index in [1.54, 1.807) is 12.1 Å². The molecule has 0 unspecified atom stereocenters. The summed E-state index contributed by atoms with van der Waals surface area (Å²) in [4.78, 5) is 12.3. The SMILES string of the molecule is Cc1ccc(CNC(=O)CN2CCCN(Cc3ccccc3Cl)S2(=O)=O)cc1. The Morgan fingerprint density at radius 1 is 1.07 bits per heavy atom. The molecule has 0 aliphatic carbocycles. The fourth-order valence-electron chi connectivity index (χ4n) is 3.08. The molecule has 0 saturated carbocycles. The molecule has 0 radical (unpaired) electrons. The van der Waals surface area contributed by atoms with Gasteiger partial charge >= 0.3 is 0 Å². The molecule has 28 heavy (non-hydrogen) atoms. The average molecular weight is 422 g/mol. The van der Waals surface area contributed by atoms with Crippen LogP contribution in [0.4, 0.5) is 0 Å². The van der Waals surface area contributed by atoms with Crippen molar-refractivity contribution in [3.8, 4) is 0 Å². The summed E-state index contributed by atoms with van der Waals surface area (Å²) in [5.74, 6) is -0.316. The van der Waals surface area contributed by atoms with Gasteiger partial charge in [-0.25, -0.2) is 0 Å². The largest absolute Gasteiger partial charge is 0.351 e. The Morgan fingerprint density at radius 3 is 2.46 bits per heavy atom. The monoisotopic (exact) mass is 421 g/mol. The maximum atomic E-state index is 12.9. The van der Waals surface area contributed by atoms with E-state index < -0.39 is 10.2 Å². The number of hydrogen-bond acceptors (Lipinski definition) is 3. The van der Waals surface area contributed by atoms with Crippen LogP contribution >= 0.6 is 11.6 Å². The van der Waals surface area contributed by atoms with Gasteiger partial charge in [0, 0.05) is 31.2 Å². The van der Waals surface area contributed by atoms with E-state index in [4.69, 9.17) is 11.6 Å². The quantitative estimate of drug-likeness (QED) is 0.779. The van der Waals surface area contributed by atoms with Gasteiger partial charge in [-0.1, -0.05) is 59.6 Å². The highest BCUT2D eigenvalue weighted by atomic mass is 35.5. The van der Waals surface area contributed by atoms with E-state index in [2.05, 4.69) is 5.32 Å². The van der Waals surface area contributed by atoms with Gasteiger partial charge in [0.1, 0.15) is 0 Å². The molecule has 1 heterocycles. The summed E-state index contributed by atoms with van der Waals surface area (Å²) in [5, 5.41) is 3.33. The third-order valence-electron chi connectivity index (χ3n) is 4.70. The van der Waals surface area contributed by atoms with Crippen molar-refractivity contribution in [2.45, 2.75) is 26.4 Å². The number of rotatable bonds is 6. The molecule has 1 saturated heterocycles. The molecule has 0 aromatic heterocycles. The van der Waals surface area contributed by atoms with Gasteiger partial charge in [-0.05, 0) is 30.5 Å². The maximum absolute atomic E-state index is 12.9. The number of nitrogens with zero attached hydrogens (tertiary/aromatic N) is 2. The molecule has 150 valence electrons. The number of carbonyl (C=O) groups is 1. The molecule has 6 nitrogen and oxygen atoms in total. The van der Waals surface area contributed by atoms with Gasteiger partial charge in [-0.3, -0.25) is 4.79 Å². The zero-order chi connectivity index (χ0) is 20.1. The van der Waals surface area contributed by atoms with Gasteiger partial charge in [-0.2, -0.15) is 17.0 Å². The normalized spacial score (nSPS) is 17.4. The van der Waals surface area contributed by atoms with Gasteiger partial charge in [-0.15, -0.1) is 0 Å². The Bertz CT molecular complexity index is 932. The summed E-state index contributed by atoms with van der Waals surface area (Å²) in [5.41, 5.74) is 2.87. The Morgan fingerprint density at radius 2 is 1.75 bits per heavy atom. The number of aryl methyl sites for hydroxylation is 1. The van der Waals surface area contributed by atoms with E-state index in [1.165, 1.54) is 8.61 Å². The van der Waals surface area contributed by atoms with E-state index in [1.807, 2.05) is 43.3 Å². The minimum atomic E-state index is -3.72. The van der Waals surface area contributed by atoms with Crippen LogP contribution in [0.5, 0.6) is 0 Å². The van der Waals surface area contributed by atoms with Gasteiger partial charge in [0.25, 0.3) is 10.2 Å². The first-order valence-corrected chi connectivity index (χ1v) is 10.9. The summed E-state index contributed by atoms with van der Waals surface area (Å²) in [6.45, 7) is 3.12. The molecule has 1 N–H and O–H groups in total. The summed E-state index contributed by atoms with van der Waals surface area (Å²) in [6.07, 6.45) is 0.662. The molecule has 3 rings (SSSR count). The molecule has 0 bridgehead atoms. The highest BCUT2D eigenvalue weighted by Gasteiger charge is 2.34. The fraction of sp³-hybridized carbons (Fsp3) is 0.350. The fourth-order valence-corrected chi connectivity index (χ4v) is 4.90. The van der Waals surface area contributed by atoms with Crippen LogP contribution in [0, 0.1) is 6.92 Å². The van der Waals surface area contributed by atoms with E-state index in [-0.39, 0.29) is 19.0 Å². The number of halogens is 1. The molecule has 1 aliphatic rings. The van der Waals surface area contributed by atoms with Crippen molar-refractivity contribution in [2.24, 2.45) is 0 Å². The second kappa shape index (κ2) is 9.05. The first kappa shape index (κ1) is 20.8. The minimum absolute atomic E-state index is 0.187. The lowest BCUT2D eigenvalue weighted by molar-refractivity contribution is -0.121. The van der Waals surface area contributed by atoms with Crippen molar-refractivity contribution in [2.75, 3.05) is 19.6 Å². The number of amides is 1. The molecule has 1 aliphatic heterocycles. The predicted octanol–water partition coefficient (Wildman–Crippen LogP) is 2.72. The van der Waals surface area contributed by atoms with Crippen molar-refractivity contribution < 1.29 is 13.2 Å². The molecule has 1 amide bonds. The minimum Gasteiger partial charge on any atom is -0.351 e. The highest BCUT2D eigenvalue weighted by molar-refractivity contribution is 7.86. The van der Waals surface area contributed by atoms with Crippen LogP contribution in [0.1, 0.15) is 23.1 Å². The molecule has 8 heteroatoms. The Kier molecular flexibility index (Phi) is 6.72. The number of nitrogens with one attached hydrogen (secondary N) is 1. The zero-order valence-electron chi connectivity index (χ0n) is 15.8. The van der Waals surface area contributed by atoms with Crippen LogP contribution in [0.3, 0.4) is 0 Å². The van der Waals surface area contributed by atoms with Gasteiger partial charge in [0.2, 0.25) is 5.91 Å². The number of benzene rings is 2. The lowest BCUT2D eigenvalue weighted by Crippen LogP contribution is -2.52.